The molecule has 2 N–H and O–H groups in total. The van der Waals surface area contributed by atoms with Gasteiger partial charge in [0.1, 0.15) is 11.6 Å². The summed E-state index contributed by atoms with van der Waals surface area (Å²) in [5, 5.41) is 6.56. The number of aryl methyl sites for hydroxylation is 2. The lowest BCUT2D eigenvalue weighted by Crippen LogP contribution is -2.29. The van der Waals surface area contributed by atoms with Crippen molar-refractivity contribution < 1.29 is 9.32 Å². The van der Waals surface area contributed by atoms with Crippen LogP contribution in [-0.2, 0) is 0 Å². The summed E-state index contributed by atoms with van der Waals surface area (Å²) in [4.78, 5) is 19.3. The van der Waals surface area contributed by atoms with Crippen LogP contribution in [0.15, 0.2) is 16.8 Å². The zero-order valence-electron chi connectivity index (χ0n) is 10.7. The Hall–Kier alpha value is -2.11. The molecule has 0 aliphatic carbocycles. The number of aromatic nitrogens is 3. The molecule has 1 unspecified atom stereocenters. The third-order valence-electron chi connectivity index (χ3n) is 2.63. The van der Waals surface area contributed by atoms with Crippen molar-refractivity contribution in [1.29, 1.82) is 0 Å². The van der Waals surface area contributed by atoms with E-state index in [1.165, 1.54) is 0 Å². The standard InChI is InChI=1S/C12H16N4O2/c1-4-9(11-13-6-7(2)14-11)15-12(17)10-5-8(3)18-16-10/h5-6,9H,4H2,1-3H3,(H,13,14)(H,15,17). The molecule has 18 heavy (non-hydrogen) atoms. The molecule has 2 heterocycles. The number of carbonyl (C=O) groups excluding carboxylic acids is 1. The van der Waals surface area contributed by atoms with Crippen LogP contribution in [0.1, 0.15) is 47.2 Å². The molecular formula is C12H16N4O2. The Morgan fingerprint density at radius 2 is 2.33 bits per heavy atom. The van der Waals surface area contributed by atoms with Crippen molar-refractivity contribution in [2.45, 2.75) is 33.2 Å². The van der Waals surface area contributed by atoms with Gasteiger partial charge in [-0.15, -0.1) is 0 Å². The summed E-state index contributed by atoms with van der Waals surface area (Å²) in [5.74, 6) is 1.11. The number of nitrogens with zero attached hydrogens (tertiary/aromatic N) is 2. The highest BCUT2D eigenvalue weighted by Gasteiger charge is 2.18. The maximum atomic E-state index is 11.9. The van der Waals surface area contributed by atoms with Crippen LogP contribution in [0.4, 0.5) is 0 Å². The molecule has 2 rings (SSSR count). The van der Waals surface area contributed by atoms with Gasteiger partial charge in [-0.1, -0.05) is 12.1 Å². The molecule has 96 valence electrons. The summed E-state index contributed by atoms with van der Waals surface area (Å²) in [6.07, 6.45) is 2.49. The van der Waals surface area contributed by atoms with Gasteiger partial charge in [0, 0.05) is 18.0 Å². The van der Waals surface area contributed by atoms with Crippen molar-refractivity contribution in [2.24, 2.45) is 0 Å². The Morgan fingerprint density at radius 3 is 2.83 bits per heavy atom. The van der Waals surface area contributed by atoms with Gasteiger partial charge in [0.15, 0.2) is 5.69 Å². The Morgan fingerprint density at radius 1 is 1.56 bits per heavy atom. The number of hydrogen-bond acceptors (Lipinski definition) is 4. The number of hydrogen-bond donors (Lipinski definition) is 2. The summed E-state index contributed by atoms with van der Waals surface area (Å²) in [7, 11) is 0. The maximum Gasteiger partial charge on any atom is 0.274 e. The first kappa shape index (κ1) is 12.3. The summed E-state index contributed by atoms with van der Waals surface area (Å²) < 4.78 is 4.88. The van der Waals surface area contributed by atoms with Crippen molar-refractivity contribution >= 4 is 5.91 Å². The largest absolute Gasteiger partial charge is 0.361 e. The van der Waals surface area contributed by atoms with E-state index in [-0.39, 0.29) is 17.6 Å². The second kappa shape index (κ2) is 5.03. The van der Waals surface area contributed by atoms with E-state index in [1.807, 2.05) is 13.8 Å². The van der Waals surface area contributed by atoms with Gasteiger partial charge in [0.25, 0.3) is 5.91 Å². The lowest BCUT2D eigenvalue weighted by atomic mass is 10.2. The van der Waals surface area contributed by atoms with Gasteiger partial charge in [0.05, 0.1) is 6.04 Å². The van der Waals surface area contributed by atoms with E-state index < -0.39 is 0 Å². The van der Waals surface area contributed by atoms with Crippen LogP contribution >= 0.6 is 0 Å². The molecule has 0 bridgehead atoms. The van der Waals surface area contributed by atoms with Crippen LogP contribution in [0.5, 0.6) is 0 Å². The highest BCUT2D eigenvalue weighted by Crippen LogP contribution is 2.14. The predicted molar refractivity (Wildman–Crippen MR) is 65.1 cm³/mol. The number of nitrogens with one attached hydrogen (secondary N) is 2. The van der Waals surface area contributed by atoms with Gasteiger partial charge in [0.2, 0.25) is 0 Å². The van der Waals surface area contributed by atoms with E-state index in [0.29, 0.717) is 5.76 Å². The minimum absolute atomic E-state index is 0.150. The smallest absolute Gasteiger partial charge is 0.274 e. The highest BCUT2D eigenvalue weighted by molar-refractivity contribution is 5.92. The van der Waals surface area contributed by atoms with Crippen LogP contribution in [-0.4, -0.2) is 21.0 Å². The SMILES string of the molecule is CCC(NC(=O)c1cc(C)on1)c1ncc(C)[nH]1. The molecule has 0 fully saturated rings. The van der Waals surface area contributed by atoms with Crippen LogP contribution in [0.3, 0.4) is 0 Å². The molecule has 0 saturated carbocycles. The Balaban J connectivity index is 2.09. The zero-order chi connectivity index (χ0) is 13.1. The Bertz CT molecular complexity index is 544. The molecule has 0 spiro atoms. The number of carbonyl (C=O) groups is 1. The van der Waals surface area contributed by atoms with Gasteiger partial charge in [-0.05, 0) is 20.3 Å². The minimum Gasteiger partial charge on any atom is -0.361 e. The molecule has 1 amide bonds. The molecule has 1 atom stereocenters. The van der Waals surface area contributed by atoms with E-state index in [9.17, 15) is 4.79 Å². The van der Waals surface area contributed by atoms with Gasteiger partial charge < -0.3 is 14.8 Å². The topological polar surface area (TPSA) is 83.8 Å². The van der Waals surface area contributed by atoms with Crippen molar-refractivity contribution in [3.8, 4) is 0 Å². The normalized spacial score (nSPS) is 12.4. The maximum absolute atomic E-state index is 11.9. The molecule has 6 heteroatoms. The lowest BCUT2D eigenvalue weighted by Gasteiger charge is -2.13. The fourth-order valence-electron chi connectivity index (χ4n) is 1.68. The first-order valence-electron chi connectivity index (χ1n) is 5.85. The van der Waals surface area contributed by atoms with Gasteiger partial charge in [-0.2, -0.15) is 0 Å². The van der Waals surface area contributed by atoms with Gasteiger partial charge >= 0.3 is 0 Å². The third kappa shape index (κ3) is 2.58. The first-order chi connectivity index (χ1) is 8.60. The lowest BCUT2D eigenvalue weighted by molar-refractivity contribution is 0.0924. The molecule has 0 aliphatic heterocycles. The summed E-state index contributed by atoms with van der Waals surface area (Å²) in [6, 6.07) is 1.46. The van der Waals surface area contributed by atoms with E-state index >= 15 is 0 Å². The van der Waals surface area contributed by atoms with Crippen LogP contribution in [0.2, 0.25) is 0 Å². The van der Waals surface area contributed by atoms with Crippen molar-refractivity contribution in [3.63, 3.8) is 0 Å². The molecule has 0 aromatic carbocycles. The second-order valence-corrected chi connectivity index (χ2v) is 4.21. The van der Waals surface area contributed by atoms with Gasteiger partial charge in [-0.3, -0.25) is 4.79 Å². The molecular weight excluding hydrogens is 232 g/mol. The van der Waals surface area contributed by atoms with Crippen LogP contribution in [0.25, 0.3) is 0 Å². The number of H-pyrrole nitrogens is 1. The number of imidazole rings is 1. The Kier molecular flexibility index (Phi) is 3.45. The van der Waals surface area contributed by atoms with E-state index in [2.05, 4.69) is 20.4 Å². The third-order valence-corrected chi connectivity index (χ3v) is 2.63. The predicted octanol–water partition coefficient (Wildman–Crippen LogP) is 1.90. The average molecular weight is 248 g/mol. The van der Waals surface area contributed by atoms with Crippen molar-refractivity contribution in [3.05, 3.63) is 35.2 Å². The highest BCUT2D eigenvalue weighted by atomic mass is 16.5. The van der Waals surface area contributed by atoms with Crippen LogP contribution in [0, 0.1) is 13.8 Å². The number of rotatable bonds is 4. The second-order valence-electron chi connectivity index (χ2n) is 4.21. The molecule has 0 aliphatic rings. The molecule has 0 saturated heterocycles. The van der Waals surface area contributed by atoms with Gasteiger partial charge in [-0.25, -0.2) is 4.98 Å². The molecule has 2 aromatic rings. The minimum atomic E-state index is -0.257. The summed E-state index contributed by atoms with van der Waals surface area (Å²) in [6.45, 7) is 5.65. The molecule has 6 nitrogen and oxygen atoms in total. The van der Waals surface area contributed by atoms with Crippen LogP contribution < -0.4 is 5.32 Å². The van der Waals surface area contributed by atoms with Crippen molar-refractivity contribution in [2.75, 3.05) is 0 Å². The monoisotopic (exact) mass is 248 g/mol. The Labute approximate surface area is 105 Å². The fourth-order valence-corrected chi connectivity index (χ4v) is 1.68. The molecule has 2 aromatic heterocycles. The fraction of sp³-hybridized carbons (Fsp3) is 0.417. The average Bonchev–Trinajstić information content (AvgIpc) is 2.94. The zero-order valence-corrected chi connectivity index (χ0v) is 10.7. The number of amides is 1. The van der Waals surface area contributed by atoms with Crippen molar-refractivity contribution in [1.82, 2.24) is 20.4 Å². The molecule has 0 radical (unpaired) electrons. The first-order valence-corrected chi connectivity index (χ1v) is 5.85. The van der Waals surface area contributed by atoms with E-state index in [0.717, 1.165) is 17.9 Å². The quantitative estimate of drug-likeness (QED) is 0.865. The van der Waals surface area contributed by atoms with E-state index in [4.69, 9.17) is 4.52 Å². The summed E-state index contributed by atoms with van der Waals surface area (Å²) >= 11 is 0. The summed E-state index contributed by atoms with van der Waals surface area (Å²) in [5.41, 5.74) is 1.25. The number of aromatic amines is 1. The van der Waals surface area contributed by atoms with E-state index in [1.54, 1.807) is 19.2 Å².